The van der Waals surface area contributed by atoms with Gasteiger partial charge in [-0.15, -0.1) is 0 Å². The van der Waals surface area contributed by atoms with E-state index in [0.29, 0.717) is 48.6 Å². The Kier molecular flexibility index (Phi) is 12.8. The van der Waals surface area contributed by atoms with Gasteiger partial charge in [-0.3, -0.25) is 19.3 Å². The third-order valence-electron chi connectivity index (χ3n) is 10.3. The summed E-state index contributed by atoms with van der Waals surface area (Å²) in [5, 5.41) is 4.91. The van der Waals surface area contributed by atoms with Crippen molar-refractivity contribution in [2.45, 2.75) is 124 Å². The molecule has 0 radical (unpaired) electrons. The van der Waals surface area contributed by atoms with E-state index in [9.17, 15) is 22.8 Å². The molecule has 1 unspecified atom stereocenters. The lowest BCUT2D eigenvalue weighted by molar-refractivity contribution is -0.215. The first kappa shape index (κ1) is 39.0. The number of rotatable bonds is 14. The second-order valence-corrected chi connectivity index (χ2v) is 19.0. The maximum absolute atomic E-state index is 14.4. The van der Waals surface area contributed by atoms with E-state index in [1.165, 1.54) is 17.3 Å². The number of aromatic nitrogens is 3. The summed E-state index contributed by atoms with van der Waals surface area (Å²) >= 11 is 6.69. The Hall–Kier alpha value is -2.44. The average Bonchev–Trinajstić information content (AvgIpc) is 3.39. The highest BCUT2D eigenvalue weighted by Gasteiger charge is 2.49. The molecule has 0 saturated heterocycles. The van der Waals surface area contributed by atoms with Crippen LogP contribution in [0.1, 0.15) is 113 Å². The fourth-order valence-electron chi connectivity index (χ4n) is 6.59. The zero-order valence-electron chi connectivity index (χ0n) is 29.4. The van der Waals surface area contributed by atoms with Gasteiger partial charge in [-0.25, -0.2) is 0 Å². The Bertz CT molecular complexity index is 1360. The molecule has 0 aliphatic heterocycles. The maximum atomic E-state index is 14.4. The Morgan fingerprint density at radius 1 is 1.09 bits per heavy atom. The van der Waals surface area contributed by atoms with E-state index in [0.717, 1.165) is 37.5 Å². The van der Waals surface area contributed by atoms with E-state index in [2.05, 4.69) is 30.9 Å². The summed E-state index contributed by atoms with van der Waals surface area (Å²) in [4.78, 5) is 32.4. The van der Waals surface area contributed by atoms with Gasteiger partial charge in [0.25, 0.3) is 5.91 Å². The highest BCUT2D eigenvalue weighted by molar-refractivity contribution is 6.73. The van der Waals surface area contributed by atoms with Gasteiger partial charge < -0.3 is 14.1 Å². The van der Waals surface area contributed by atoms with Gasteiger partial charge in [-0.1, -0.05) is 32.4 Å². The van der Waals surface area contributed by atoms with Gasteiger partial charge >= 0.3 is 12.1 Å². The molecule has 2 aromatic rings. The Morgan fingerprint density at radius 2 is 1.68 bits per heavy atom. The van der Waals surface area contributed by atoms with Gasteiger partial charge in [0, 0.05) is 30.2 Å². The number of hydrogen-bond donors (Lipinski definition) is 0. The second kappa shape index (κ2) is 15.4. The normalized spacial score (nSPS) is 19.8. The summed E-state index contributed by atoms with van der Waals surface area (Å²) in [5.74, 6) is -0.761. The molecule has 1 amide bonds. The molecule has 1 saturated carbocycles. The third kappa shape index (κ3) is 8.59. The summed E-state index contributed by atoms with van der Waals surface area (Å²) in [5.41, 5.74) is -0.596. The molecular formula is C34H52ClF3N4O4Si. The number of carbonyl (C=O) groups excluding carboxylic acids is 2. The van der Waals surface area contributed by atoms with E-state index in [4.69, 9.17) is 20.8 Å². The van der Waals surface area contributed by atoms with Crippen LogP contribution in [0.15, 0.2) is 18.6 Å². The van der Waals surface area contributed by atoms with Crippen LogP contribution < -0.4 is 0 Å². The molecule has 47 heavy (non-hydrogen) atoms. The van der Waals surface area contributed by atoms with Crippen LogP contribution >= 0.6 is 11.6 Å². The van der Waals surface area contributed by atoms with Crippen LogP contribution in [0.2, 0.25) is 23.2 Å². The molecule has 0 N–H and O–H groups in total. The van der Waals surface area contributed by atoms with Crippen LogP contribution in [0.5, 0.6) is 0 Å². The Morgan fingerprint density at radius 3 is 2.19 bits per heavy atom. The lowest BCUT2D eigenvalue weighted by atomic mass is 9.74. The standard InChI is InChI=1S/C34H52ClF3N4O4Si/c1-10-45-31(44)33(9)16-14-25(15-17-33)42-24(6)26(19-40-42)30(43)41(22-32(7,8)34(36,37)38)21-28(46-47(11-2,12-3)13-4)29-23(5)18-39-20-27(29)35/h18-20,25,28H,10-17,21-22H2,1-9H3/t25-,28?,33-. The molecule has 1 fully saturated rings. The summed E-state index contributed by atoms with van der Waals surface area (Å²) in [6, 6.07) is 2.37. The van der Waals surface area contributed by atoms with E-state index >= 15 is 0 Å². The summed E-state index contributed by atoms with van der Waals surface area (Å²) in [6.45, 7) is 15.4. The number of nitrogens with zero attached hydrogens (tertiary/aromatic N) is 4. The van der Waals surface area contributed by atoms with E-state index in [1.54, 1.807) is 24.7 Å². The number of alkyl halides is 3. The molecule has 1 atom stereocenters. The van der Waals surface area contributed by atoms with Crippen molar-refractivity contribution < 1.29 is 31.9 Å². The summed E-state index contributed by atoms with van der Waals surface area (Å²) < 4.78 is 57.0. The molecule has 1 aliphatic rings. The largest absolute Gasteiger partial charge is 0.466 e. The van der Waals surface area contributed by atoms with Gasteiger partial charge in [0.05, 0.1) is 52.9 Å². The van der Waals surface area contributed by atoms with Crippen molar-refractivity contribution in [3.05, 3.63) is 46.0 Å². The topological polar surface area (TPSA) is 86.6 Å². The predicted molar refractivity (Wildman–Crippen MR) is 180 cm³/mol. The van der Waals surface area contributed by atoms with E-state index in [-0.39, 0.29) is 24.1 Å². The monoisotopic (exact) mass is 700 g/mol. The minimum absolute atomic E-state index is 0.0567. The SMILES string of the molecule is CCOC(=O)[C@]1(C)CC[C@@H](n2ncc(C(=O)N(CC(O[Si](CC)(CC)CC)c3c(C)cncc3Cl)CC(C)(C)C(F)(F)F)c2C)CC1. The number of esters is 1. The molecule has 0 aromatic carbocycles. The lowest BCUT2D eigenvalue weighted by Crippen LogP contribution is -2.48. The van der Waals surface area contributed by atoms with Crippen LogP contribution in [0.3, 0.4) is 0 Å². The molecular weight excluding hydrogens is 649 g/mol. The highest BCUT2D eigenvalue weighted by atomic mass is 35.5. The van der Waals surface area contributed by atoms with Crippen molar-refractivity contribution in [2.24, 2.45) is 10.8 Å². The molecule has 0 bridgehead atoms. The van der Waals surface area contributed by atoms with Crippen molar-refractivity contribution in [2.75, 3.05) is 19.7 Å². The van der Waals surface area contributed by atoms with E-state index < -0.39 is 43.9 Å². The number of pyridine rings is 1. The maximum Gasteiger partial charge on any atom is 0.395 e. The van der Waals surface area contributed by atoms with Crippen molar-refractivity contribution >= 4 is 31.8 Å². The molecule has 8 nitrogen and oxygen atoms in total. The van der Waals surface area contributed by atoms with Crippen molar-refractivity contribution in [1.82, 2.24) is 19.7 Å². The van der Waals surface area contributed by atoms with Gasteiger partial charge in [-0.2, -0.15) is 18.3 Å². The van der Waals surface area contributed by atoms with Crippen LogP contribution in [-0.4, -0.2) is 65.7 Å². The predicted octanol–water partition coefficient (Wildman–Crippen LogP) is 9.03. The first-order chi connectivity index (χ1) is 21.9. The molecule has 3 rings (SSSR count). The Labute approximate surface area is 283 Å². The number of hydrogen-bond acceptors (Lipinski definition) is 6. The van der Waals surface area contributed by atoms with E-state index in [1.807, 2.05) is 13.8 Å². The molecule has 1 aliphatic carbocycles. The highest BCUT2D eigenvalue weighted by Crippen LogP contribution is 2.43. The zero-order valence-corrected chi connectivity index (χ0v) is 31.1. The van der Waals surface area contributed by atoms with Gasteiger partial charge in [0.2, 0.25) is 0 Å². The lowest BCUT2D eigenvalue weighted by Gasteiger charge is -2.39. The number of halogens is 4. The van der Waals surface area contributed by atoms with Crippen LogP contribution in [0, 0.1) is 24.7 Å². The summed E-state index contributed by atoms with van der Waals surface area (Å²) in [7, 11) is -2.33. The molecule has 13 heteroatoms. The second-order valence-electron chi connectivity index (χ2n) is 13.9. The minimum atomic E-state index is -4.56. The van der Waals surface area contributed by atoms with Crippen molar-refractivity contribution in [1.29, 1.82) is 0 Å². The van der Waals surface area contributed by atoms with Gasteiger partial charge in [0.1, 0.15) is 0 Å². The van der Waals surface area contributed by atoms with Crippen molar-refractivity contribution in [3.63, 3.8) is 0 Å². The molecule has 2 heterocycles. The quantitative estimate of drug-likeness (QED) is 0.144. The van der Waals surface area contributed by atoms with Gasteiger partial charge in [0.15, 0.2) is 8.32 Å². The number of ether oxygens (including phenoxy) is 1. The molecule has 2 aromatic heterocycles. The first-order valence-corrected chi connectivity index (χ1v) is 19.6. The molecule has 0 spiro atoms. The number of amides is 1. The van der Waals surface area contributed by atoms with Gasteiger partial charge in [-0.05, 0) is 90.9 Å². The average molecular weight is 701 g/mol. The molecule has 264 valence electrons. The van der Waals surface area contributed by atoms with Crippen molar-refractivity contribution in [3.8, 4) is 0 Å². The fraction of sp³-hybridized carbons (Fsp3) is 0.706. The number of carbonyl (C=O) groups is 2. The Balaban J connectivity index is 2.03. The number of aryl methyl sites for hydroxylation is 1. The van der Waals surface area contributed by atoms with Crippen LogP contribution in [0.4, 0.5) is 13.2 Å². The van der Waals surface area contributed by atoms with Crippen LogP contribution in [0.25, 0.3) is 0 Å². The van der Waals surface area contributed by atoms with Crippen LogP contribution in [-0.2, 0) is 14.0 Å². The fourth-order valence-corrected chi connectivity index (χ4v) is 9.71. The zero-order chi connectivity index (χ0) is 35.4. The summed E-state index contributed by atoms with van der Waals surface area (Å²) in [6.07, 6.45) is 1.82. The minimum Gasteiger partial charge on any atom is -0.466 e. The third-order valence-corrected chi connectivity index (χ3v) is 15.2. The smallest absolute Gasteiger partial charge is 0.395 e. The first-order valence-electron chi connectivity index (χ1n) is 16.7.